The van der Waals surface area contributed by atoms with Crippen LogP contribution in [0.5, 0.6) is 11.5 Å². The highest BCUT2D eigenvalue weighted by atomic mass is 32.1. The van der Waals surface area contributed by atoms with Crippen LogP contribution in [0.15, 0.2) is 63.1 Å². The van der Waals surface area contributed by atoms with Crippen molar-refractivity contribution in [2.24, 2.45) is 0 Å². The number of rotatable bonds is 5. The Balaban J connectivity index is 1.96. The molecule has 0 saturated heterocycles. The average molecular weight is 421 g/mol. The first-order chi connectivity index (χ1) is 14.5. The third kappa shape index (κ3) is 3.44. The smallest absolute Gasteiger partial charge is 0.268 e. The Bertz CT molecular complexity index is 1290. The van der Waals surface area contributed by atoms with Crippen LogP contribution in [-0.4, -0.2) is 20.1 Å². The van der Waals surface area contributed by atoms with Crippen LogP contribution < -0.4 is 20.2 Å². The highest BCUT2D eigenvalue weighted by Gasteiger charge is 2.21. The van der Waals surface area contributed by atoms with Crippen molar-refractivity contribution in [2.75, 3.05) is 19.5 Å². The van der Waals surface area contributed by atoms with Crippen LogP contribution >= 0.6 is 11.3 Å². The molecule has 0 radical (unpaired) electrons. The minimum Gasteiger partial charge on any atom is -0.493 e. The zero-order valence-corrected chi connectivity index (χ0v) is 17.5. The minimum atomic E-state index is -0.345. The van der Waals surface area contributed by atoms with Crippen LogP contribution in [0.2, 0.25) is 0 Å². The molecule has 7 heteroatoms. The van der Waals surface area contributed by atoms with Gasteiger partial charge in [0.15, 0.2) is 11.5 Å². The van der Waals surface area contributed by atoms with Crippen molar-refractivity contribution >= 4 is 34.1 Å². The monoisotopic (exact) mass is 421 g/mol. The van der Waals surface area contributed by atoms with Gasteiger partial charge in [0.2, 0.25) is 11.3 Å². The van der Waals surface area contributed by atoms with E-state index in [4.69, 9.17) is 13.9 Å². The van der Waals surface area contributed by atoms with Gasteiger partial charge in [-0.25, -0.2) is 0 Å². The number of carbonyl (C=O) groups is 1. The fourth-order valence-corrected chi connectivity index (χ4v) is 3.89. The standard InChI is InChI=1S/C23H19NO5S/c1-13-6-4-7-15-20(25)19(14-9-10-16(27-2)17(12-14)28-3)23(29-21(13)15)24-22(26)18-8-5-11-30-18/h4-12H,1-3H3,(H,24,26). The molecule has 0 aliphatic heterocycles. The molecule has 0 aliphatic rings. The number of para-hydroxylation sites is 1. The lowest BCUT2D eigenvalue weighted by molar-refractivity contribution is 0.102. The van der Waals surface area contributed by atoms with E-state index in [0.29, 0.717) is 32.9 Å². The molecule has 2 aromatic carbocycles. The van der Waals surface area contributed by atoms with E-state index in [2.05, 4.69) is 5.32 Å². The van der Waals surface area contributed by atoms with Crippen LogP contribution in [0.1, 0.15) is 15.2 Å². The van der Waals surface area contributed by atoms with Crippen molar-refractivity contribution < 1.29 is 18.7 Å². The maximum absolute atomic E-state index is 13.4. The van der Waals surface area contributed by atoms with Crippen molar-refractivity contribution in [3.05, 3.63) is 74.6 Å². The lowest BCUT2D eigenvalue weighted by Gasteiger charge is -2.14. The molecule has 2 aromatic heterocycles. The molecule has 0 unspecified atom stereocenters. The van der Waals surface area contributed by atoms with Crippen LogP contribution in [-0.2, 0) is 0 Å². The summed E-state index contributed by atoms with van der Waals surface area (Å²) in [5.41, 5.74) is 1.79. The Labute approximate surface area is 176 Å². The number of nitrogens with one attached hydrogen (secondary N) is 1. The maximum atomic E-state index is 13.4. The molecule has 0 spiro atoms. The molecule has 0 saturated carbocycles. The van der Waals surface area contributed by atoms with Gasteiger partial charge < -0.3 is 13.9 Å². The van der Waals surface area contributed by atoms with Crippen molar-refractivity contribution in [3.8, 4) is 22.6 Å². The van der Waals surface area contributed by atoms with E-state index in [1.54, 1.807) is 42.5 Å². The van der Waals surface area contributed by atoms with Crippen molar-refractivity contribution in [1.29, 1.82) is 0 Å². The molecule has 1 amide bonds. The van der Waals surface area contributed by atoms with Gasteiger partial charge in [0.1, 0.15) is 5.58 Å². The van der Waals surface area contributed by atoms with Crippen LogP contribution in [0, 0.1) is 6.92 Å². The van der Waals surface area contributed by atoms with Crippen molar-refractivity contribution in [2.45, 2.75) is 6.92 Å². The SMILES string of the molecule is COc1ccc(-c2c(NC(=O)c3cccs3)oc3c(C)cccc3c2=O)cc1OC. The van der Waals surface area contributed by atoms with E-state index in [9.17, 15) is 9.59 Å². The quantitative estimate of drug-likeness (QED) is 0.485. The number of aryl methyl sites for hydroxylation is 1. The Hall–Kier alpha value is -3.58. The highest BCUT2D eigenvalue weighted by molar-refractivity contribution is 7.12. The fourth-order valence-electron chi connectivity index (χ4n) is 3.27. The average Bonchev–Trinajstić information content (AvgIpc) is 3.29. The summed E-state index contributed by atoms with van der Waals surface area (Å²) in [7, 11) is 3.06. The molecule has 4 rings (SSSR count). The van der Waals surface area contributed by atoms with Gasteiger partial charge in [-0.3, -0.25) is 14.9 Å². The summed E-state index contributed by atoms with van der Waals surface area (Å²) in [5, 5.41) is 5.02. The molecule has 1 N–H and O–H groups in total. The van der Waals surface area contributed by atoms with Gasteiger partial charge >= 0.3 is 0 Å². The summed E-state index contributed by atoms with van der Waals surface area (Å²) in [6.07, 6.45) is 0. The lowest BCUT2D eigenvalue weighted by atomic mass is 10.0. The molecular formula is C23H19NO5S. The maximum Gasteiger partial charge on any atom is 0.268 e. The molecule has 0 aliphatic carbocycles. The minimum absolute atomic E-state index is 0.0902. The Morgan fingerprint density at radius 1 is 1.03 bits per heavy atom. The summed E-state index contributed by atoms with van der Waals surface area (Å²) < 4.78 is 16.7. The van der Waals surface area contributed by atoms with Crippen LogP contribution in [0.25, 0.3) is 22.1 Å². The number of anilines is 1. The largest absolute Gasteiger partial charge is 0.493 e. The molecule has 4 aromatic rings. The second-order valence-corrected chi connectivity index (χ2v) is 7.54. The summed E-state index contributed by atoms with van der Waals surface area (Å²) in [6, 6.07) is 14.0. The van der Waals surface area contributed by atoms with E-state index >= 15 is 0 Å². The summed E-state index contributed by atoms with van der Waals surface area (Å²) in [6.45, 7) is 1.85. The number of hydrogen-bond donors (Lipinski definition) is 1. The van der Waals surface area contributed by atoms with E-state index < -0.39 is 0 Å². The zero-order chi connectivity index (χ0) is 21.3. The third-order valence-electron chi connectivity index (χ3n) is 4.76. The third-order valence-corrected chi connectivity index (χ3v) is 5.63. The molecule has 6 nitrogen and oxygen atoms in total. The van der Waals surface area contributed by atoms with E-state index in [0.717, 1.165) is 5.56 Å². The Morgan fingerprint density at radius 2 is 1.83 bits per heavy atom. The number of methoxy groups -OCH3 is 2. The van der Waals surface area contributed by atoms with Crippen LogP contribution in [0.4, 0.5) is 5.88 Å². The number of benzene rings is 2. The molecular weight excluding hydrogens is 402 g/mol. The molecule has 0 fully saturated rings. The number of amides is 1. The van der Waals surface area contributed by atoms with E-state index in [1.165, 1.54) is 25.6 Å². The topological polar surface area (TPSA) is 77.8 Å². The number of hydrogen-bond acceptors (Lipinski definition) is 6. The second-order valence-electron chi connectivity index (χ2n) is 6.59. The summed E-state index contributed by atoms with van der Waals surface area (Å²) in [5.74, 6) is 0.746. The highest BCUT2D eigenvalue weighted by Crippen LogP contribution is 2.36. The normalized spacial score (nSPS) is 10.8. The zero-order valence-electron chi connectivity index (χ0n) is 16.6. The number of fused-ring (bicyclic) bond motifs is 1. The Morgan fingerprint density at radius 3 is 2.53 bits per heavy atom. The van der Waals surface area contributed by atoms with Gasteiger partial charge in [0, 0.05) is 0 Å². The van der Waals surface area contributed by atoms with Crippen molar-refractivity contribution in [1.82, 2.24) is 0 Å². The Kier molecular flexibility index (Phi) is 5.29. The van der Waals surface area contributed by atoms with E-state index in [1.807, 2.05) is 18.4 Å². The summed E-state index contributed by atoms with van der Waals surface area (Å²) in [4.78, 5) is 26.7. The van der Waals surface area contributed by atoms with Crippen LogP contribution in [0.3, 0.4) is 0 Å². The molecule has 152 valence electrons. The van der Waals surface area contributed by atoms with Gasteiger partial charge in [-0.2, -0.15) is 0 Å². The predicted octanol–water partition coefficient (Wildman–Crippen LogP) is 5.10. The molecule has 0 bridgehead atoms. The van der Waals surface area contributed by atoms with Gasteiger partial charge in [0.05, 0.1) is 30.0 Å². The second kappa shape index (κ2) is 8.04. The number of ether oxygens (including phenoxy) is 2. The van der Waals surface area contributed by atoms with Crippen molar-refractivity contribution in [3.63, 3.8) is 0 Å². The fraction of sp³-hybridized carbons (Fsp3) is 0.130. The molecule has 30 heavy (non-hydrogen) atoms. The molecule has 2 heterocycles. The number of carbonyl (C=O) groups excluding carboxylic acids is 1. The molecule has 0 atom stereocenters. The van der Waals surface area contributed by atoms with Gasteiger partial charge in [-0.05, 0) is 47.7 Å². The van der Waals surface area contributed by atoms with Gasteiger partial charge in [-0.1, -0.05) is 24.3 Å². The summed E-state index contributed by atoms with van der Waals surface area (Å²) >= 11 is 1.31. The number of thiophene rings is 1. The first kappa shape index (κ1) is 19.7. The van der Waals surface area contributed by atoms with Gasteiger partial charge in [-0.15, -0.1) is 11.3 Å². The van der Waals surface area contributed by atoms with E-state index in [-0.39, 0.29) is 22.8 Å². The first-order valence-corrected chi connectivity index (χ1v) is 10.0. The first-order valence-electron chi connectivity index (χ1n) is 9.17. The van der Waals surface area contributed by atoms with Gasteiger partial charge in [0.25, 0.3) is 5.91 Å². The predicted molar refractivity (Wildman–Crippen MR) is 118 cm³/mol. The lowest BCUT2D eigenvalue weighted by Crippen LogP contribution is -2.16.